The number of hydrogen-bond acceptors (Lipinski definition) is 5. The molecule has 0 aliphatic heterocycles. The summed E-state index contributed by atoms with van der Waals surface area (Å²) < 4.78 is 5.60. The van der Waals surface area contributed by atoms with Crippen molar-refractivity contribution in [2.24, 2.45) is 0 Å². The zero-order chi connectivity index (χ0) is 20.5. The second-order valence-electron chi connectivity index (χ2n) is 7.29. The molecule has 2 heterocycles. The predicted molar refractivity (Wildman–Crippen MR) is 123 cm³/mol. The van der Waals surface area contributed by atoms with Gasteiger partial charge in [0, 0.05) is 16.1 Å². The summed E-state index contributed by atoms with van der Waals surface area (Å²) in [5, 5.41) is 4.66. The molecule has 2 aromatic heterocycles. The van der Waals surface area contributed by atoms with Gasteiger partial charge in [0.05, 0.1) is 12.0 Å². The van der Waals surface area contributed by atoms with Crippen LogP contribution in [-0.2, 0) is 0 Å². The van der Waals surface area contributed by atoms with E-state index in [9.17, 15) is 0 Å². The van der Waals surface area contributed by atoms with Gasteiger partial charge in [0.2, 0.25) is 0 Å². The van der Waals surface area contributed by atoms with Crippen molar-refractivity contribution in [2.45, 2.75) is 34.6 Å². The summed E-state index contributed by atoms with van der Waals surface area (Å²) in [6, 6.07) is 12.6. The highest BCUT2D eigenvalue weighted by atomic mass is 32.1. The minimum absolute atomic E-state index is 0.664. The predicted octanol–water partition coefficient (Wildman–Crippen LogP) is 6.73. The van der Waals surface area contributed by atoms with Crippen LogP contribution >= 0.6 is 11.3 Å². The van der Waals surface area contributed by atoms with Crippen LogP contribution in [0, 0.1) is 27.7 Å². The summed E-state index contributed by atoms with van der Waals surface area (Å²) in [6.45, 7) is 11.2. The van der Waals surface area contributed by atoms with Gasteiger partial charge in [-0.3, -0.25) is 0 Å². The summed E-state index contributed by atoms with van der Waals surface area (Å²) >= 11 is 1.70. The van der Waals surface area contributed by atoms with Gasteiger partial charge in [0.15, 0.2) is 0 Å². The molecule has 29 heavy (non-hydrogen) atoms. The van der Waals surface area contributed by atoms with Gasteiger partial charge in [0.1, 0.15) is 22.7 Å². The maximum atomic E-state index is 5.60. The minimum Gasteiger partial charge on any atom is -0.494 e. The average Bonchev–Trinajstić information content (AvgIpc) is 3.02. The molecule has 0 saturated carbocycles. The number of hydrogen-bond donors (Lipinski definition) is 1. The van der Waals surface area contributed by atoms with Crippen molar-refractivity contribution in [3.8, 4) is 16.9 Å². The topological polar surface area (TPSA) is 47.0 Å². The van der Waals surface area contributed by atoms with Crippen LogP contribution < -0.4 is 10.1 Å². The zero-order valence-corrected chi connectivity index (χ0v) is 18.3. The van der Waals surface area contributed by atoms with Crippen molar-refractivity contribution in [2.75, 3.05) is 11.9 Å². The van der Waals surface area contributed by atoms with E-state index in [2.05, 4.69) is 67.2 Å². The van der Waals surface area contributed by atoms with Crippen molar-refractivity contribution in [1.29, 1.82) is 0 Å². The molecule has 4 rings (SSSR count). The number of rotatable bonds is 5. The number of nitrogens with zero attached hydrogens (tertiary/aromatic N) is 2. The molecule has 4 nitrogen and oxygen atoms in total. The lowest BCUT2D eigenvalue weighted by molar-refractivity contribution is 0.340. The first-order valence-corrected chi connectivity index (χ1v) is 10.6. The molecule has 0 unspecified atom stereocenters. The Labute approximate surface area is 175 Å². The Bertz CT molecular complexity index is 1160. The van der Waals surface area contributed by atoms with Crippen LogP contribution in [-0.4, -0.2) is 16.6 Å². The highest BCUT2D eigenvalue weighted by molar-refractivity contribution is 7.19. The third kappa shape index (κ3) is 3.70. The molecule has 0 fully saturated rings. The smallest absolute Gasteiger partial charge is 0.143 e. The molecule has 0 spiro atoms. The van der Waals surface area contributed by atoms with E-state index in [1.165, 1.54) is 27.1 Å². The number of aryl methyl sites for hydroxylation is 4. The highest BCUT2D eigenvalue weighted by Gasteiger charge is 2.18. The lowest BCUT2D eigenvalue weighted by Crippen LogP contribution is -2.00. The number of benzene rings is 2. The van der Waals surface area contributed by atoms with E-state index in [0.717, 1.165) is 33.0 Å². The number of anilines is 2. The normalized spacial score (nSPS) is 11.1. The molecule has 0 aliphatic rings. The van der Waals surface area contributed by atoms with E-state index in [1.807, 2.05) is 19.1 Å². The molecule has 2 aromatic carbocycles. The molecular formula is C24H25N3OS. The van der Waals surface area contributed by atoms with Crippen LogP contribution in [0.1, 0.15) is 28.5 Å². The van der Waals surface area contributed by atoms with Crippen molar-refractivity contribution in [3.05, 3.63) is 64.3 Å². The molecule has 0 amide bonds. The molecular weight excluding hydrogens is 378 g/mol. The monoisotopic (exact) mass is 403 g/mol. The van der Waals surface area contributed by atoms with E-state index in [-0.39, 0.29) is 0 Å². The van der Waals surface area contributed by atoms with E-state index < -0.39 is 0 Å². The maximum absolute atomic E-state index is 5.60. The summed E-state index contributed by atoms with van der Waals surface area (Å²) in [5.41, 5.74) is 7.12. The maximum Gasteiger partial charge on any atom is 0.143 e. The van der Waals surface area contributed by atoms with Gasteiger partial charge in [-0.25, -0.2) is 9.97 Å². The number of nitrogens with one attached hydrogen (secondary N) is 1. The molecule has 0 atom stereocenters. The number of aromatic nitrogens is 2. The Morgan fingerprint density at radius 2 is 1.66 bits per heavy atom. The first-order valence-electron chi connectivity index (χ1n) is 9.80. The molecule has 5 heteroatoms. The summed E-state index contributed by atoms with van der Waals surface area (Å²) in [7, 11) is 0. The molecule has 4 aromatic rings. The summed E-state index contributed by atoms with van der Waals surface area (Å²) in [5.74, 6) is 1.73. The first-order chi connectivity index (χ1) is 14.0. The van der Waals surface area contributed by atoms with Crippen LogP contribution in [0.15, 0.2) is 42.7 Å². The number of ether oxygens (including phenoxy) is 1. The Hall–Kier alpha value is -2.92. The number of fused-ring (bicyclic) bond motifs is 1. The van der Waals surface area contributed by atoms with Crippen LogP contribution in [0.2, 0.25) is 0 Å². The molecule has 0 aliphatic carbocycles. The Morgan fingerprint density at radius 3 is 2.31 bits per heavy atom. The van der Waals surface area contributed by atoms with Crippen molar-refractivity contribution in [3.63, 3.8) is 0 Å². The Balaban J connectivity index is 1.85. The SMILES string of the molecule is CCOc1ccc(-c2c(C)sc3ncnc(Nc4c(C)cc(C)cc4C)c23)cc1. The fraction of sp³-hybridized carbons (Fsp3) is 0.250. The van der Waals surface area contributed by atoms with Crippen molar-refractivity contribution < 1.29 is 4.74 Å². The third-order valence-corrected chi connectivity index (χ3v) is 6.05. The fourth-order valence-corrected chi connectivity index (χ4v) is 4.88. The van der Waals surface area contributed by atoms with Gasteiger partial charge in [-0.15, -0.1) is 11.3 Å². The van der Waals surface area contributed by atoms with Gasteiger partial charge in [-0.1, -0.05) is 29.8 Å². The van der Waals surface area contributed by atoms with Crippen LogP contribution in [0.3, 0.4) is 0 Å². The number of thiophene rings is 1. The molecule has 1 N–H and O–H groups in total. The van der Waals surface area contributed by atoms with Gasteiger partial charge in [0.25, 0.3) is 0 Å². The fourth-order valence-electron chi connectivity index (χ4n) is 3.87. The van der Waals surface area contributed by atoms with E-state index in [0.29, 0.717) is 6.61 Å². The molecule has 0 radical (unpaired) electrons. The van der Waals surface area contributed by atoms with E-state index >= 15 is 0 Å². The average molecular weight is 404 g/mol. The van der Waals surface area contributed by atoms with Crippen molar-refractivity contribution >= 4 is 33.1 Å². The van der Waals surface area contributed by atoms with Crippen LogP contribution in [0.25, 0.3) is 21.3 Å². The van der Waals surface area contributed by atoms with E-state index in [4.69, 9.17) is 4.74 Å². The second-order valence-corrected chi connectivity index (χ2v) is 8.49. The van der Waals surface area contributed by atoms with Gasteiger partial charge < -0.3 is 10.1 Å². The van der Waals surface area contributed by atoms with Gasteiger partial charge in [-0.2, -0.15) is 0 Å². The Kier molecular flexibility index (Phi) is 5.24. The second kappa shape index (κ2) is 7.84. The third-order valence-electron chi connectivity index (χ3n) is 5.04. The molecule has 0 saturated heterocycles. The van der Waals surface area contributed by atoms with Gasteiger partial charge >= 0.3 is 0 Å². The molecule has 148 valence electrons. The quantitative estimate of drug-likeness (QED) is 0.401. The van der Waals surface area contributed by atoms with E-state index in [1.54, 1.807) is 17.7 Å². The van der Waals surface area contributed by atoms with Crippen molar-refractivity contribution in [1.82, 2.24) is 9.97 Å². The van der Waals surface area contributed by atoms with Crippen LogP contribution in [0.5, 0.6) is 5.75 Å². The first kappa shape index (κ1) is 19.4. The summed E-state index contributed by atoms with van der Waals surface area (Å²) in [4.78, 5) is 11.4. The standard InChI is InChI=1S/C24H25N3OS/c1-6-28-19-9-7-18(8-10-19)20-17(5)29-24-21(20)23(25-13-26-24)27-22-15(3)11-14(2)12-16(22)4/h7-13H,6H2,1-5H3,(H,25,26,27). The highest BCUT2D eigenvalue weighted by Crippen LogP contribution is 2.41. The zero-order valence-electron chi connectivity index (χ0n) is 17.5. The summed E-state index contributed by atoms with van der Waals surface area (Å²) in [6.07, 6.45) is 1.64. The lowest BCUT2D eigenvalue weighted by atomic mass is 10.0. The molecule has 0 bridgehead atoms. The Morgan fingerprint density at radius 1 is 0.966 bits per heavy atom. The van der Waals surface area contributed by atoms with Crippen LogP contribution in [0.4, 0.5) is 11.5 Å². The lowest BCUT2D eigenvalue weighted by Gasteiger charge is -2.15. The van der Waals surface area contributed by atoms with Gasteiger partial charge in [-0.05, 0) is 63.4 Å². The minimum atomic E-state index is 0.664. The largest absolute Gasteiger partial charge is 0.494 e.